The number of halogens is 1. The molecule has 2 heterocycles. The van der Waals surface area contributed by atoms with Crippen molar-refractivity contribution in [2.24, 2.45) is 5.92 Å². The Kier molecular flexibility index (Phi) is 6.30. The lowest BCUT2D eigenvalue weighted by molar-refractivity contribution is 0.320. The number of aromatic nitrogens is 2. The van der Waals surface area contributed by atoms with Crippen molar-refractivity contribution in [1.29, 1.82) is 0 Å². The Hall–Kier alpha value is -0.610. The maximum atomic E-state index is 5.43. The second-order valence-corrected chi connectivity index (χ2v) is 6.11. The second-order valence-electron chi connectivity index (χ2n) is 6.11. The molecule has 0 radical (unpaired) electrons. The lowest BCUT2D eigenvalue weighted by atomic mass is 9.89. The van der Waals surface area contributed by atoms with E-state index in [0.717, 1.165) is 24.1 Å². The van der Waals surface area contributed by atoms with E-state index in [-0.39, 0.29) is 12.4 Å². The largest absolute Gasteiger partial charge is 0.339 e. The van der Waals surface area contributed by atoms with Gasteiger partial charge in [-0.3, -0.25) is 0 Å². The monoisotopic (exact) mass is 299 g/mol. The minimum absolute atomic E-state index is 0. The molecule has 1 aromatic rings. The quantitative estimate of drug-likeness (QED) is 0.925. The first-order valence-corrected chi connectivity index (χ1v) is 7.95. The minimum atomic E-state index is 0. The van der Waals surface area contributed by atoms with Crippen molar-refractivity contribution in [1.82, 2.24) is 15.5 Å². The molecule has 1 saturated heterocycles. The van der Waals surface area contributed by atoms with Crippen LogP contribution in [0.15, 0.2) is 4.52 Å². The van der Waals surface area contributed by atoms with Gasteiger partial charge in [0.2, 0.25) is 5.89 Å². The van der Waals surface area contributed by atoms with Crippen LogP contribution >= 0.6 is 12.4 Å². The maximum Gasteiger partial charge on any atom is 0.226 e. The highest BCUT2D eigenvalue weighted by Gasteiger charge is 2.21. The van der Waals surface area contributed by atoms with Gasteiger partial charge in [-0.2, -0.15) is 4.98 Å². The van der Waals surface area contributed by atoms with Crippen LogP contribution in [0.5, 0.6) is 0 Å². The van der Waals surface area contributed by atoms with Crippen molar-refractivity contribution in [2.75, 3.05) is 13.1 Å². The molecule has 5 heteroatoms. The second kappa shape index (κ2) is 7.99. The number of rotatable bonds is 4. The van der Waals surface area contributed by atoms with Crippen molar-refractivity contribution in [3.8, 4) is 0 Å². The lowest BCUT2D eigenvalue weighted by Gasteiger charge is -2.21. The van der Waals surface area contributed by atoms with E-state index in [2.05, 4.69) is 15.5 Å². The predicted octanol–water partition coefficient (Wildman–Crippen LogP) is 3.47. The Morgan fingerprint density at radius 3 is 2.55 bits per heavy atom. The molecule has 4 nitrogen and oxygen atoms in total. The Bertz CT molecular complexity index is 384. The smallest absolute Gasteiger partial charge is 0.226 e. The van der Waals surface area contributed by atoms with Gasteiger partial charge in [0.05, 0.1) is 0 Å². The van der Waals surface area contributed by atoms with Crippen LogP contribution in [0.3, 0.4) is 0 Å². The van der Waals surface area contributed by atoms with Crippen LogP contribution in [-0.4, -0.2) is 23.2 Å². The minimum Gasteiger partial charge on any atom is -0.339 e. The first kappa shape index (κ1) is 15.8. The summed E-state index contributed by atoms with van der Waals surface area (Å²) in [6.07, 6.45) is 11.3. The van der Waals surface area contributed by atoms with Gasteiger partial charge in [0, 0.05) is 12.3 Å². The molecule has 1 N–H and O–H groups in total. The Balaban J connectivity index is 0.00000147. The third kappa shape index (κ3) is 4.19. The topological polar surface area (TPSA) is 51.0 Å². The highest BCUT2D eigenvalue weighted by molar-refractivity contribution is 5.85. The molecule has 0 amide bonds. The van der Waals surface area contributed by atoms with Crippen LogP contribution in [0.2, 0.25) is 0 Å². The Morgan fingerprint density at radius 1 is 1.05 bits per heavy atom. The van der Waals surface area contributed by atoms with Crippen molar-refractivity contribution >= 4 is 12.4 Å². The summed E-state index contributed by atoms with van der Waals surface area (Å²) < 4.78 is 5.43. The van der Waals surface area contributed by atoms with E-state index < -0.39 is 0 Å². The van der Waals surface area contributed by atoms with Crippen LogP contribution in [0, 0.1) is 5.92 Å². The van der Waals surface area contributed by atoms with Gasteiger partial charge in [0.25, 0.3) is 0 Å². The first-order chi connectivity index (χ1) is 9.42. The first-order valence-electron chi connectivity index (χ1n) is 7.95. The number of nitrogens with zero attached hydrogens (tertiary/aromatic N) is 2. The van der Waals surface area contributed by atoms with Crippen LogP contribution in [-0.2, 0) is 6.42 Å². The molecule has 20 heavy (non-hydrogen) atoms. The van der Waals surface area contributed by atoms with E-state index in [9.17, 15) is 0 Å². The van der Waals surface area contributed by atoms with Crippen LogP contribution in [0.4, 0.5) is 0 Å². The average Bonchev–Trinajstić information content (AvgIpc) is 2.96. The zero-order chi connectivity index (χ0) is 12.9. The number of aryl methyl sites for hydroxylation is 1. The van der Waals surface area contributed by atoms with Crippen molar-refractivity contribution < 1.29 is 4.52 Å². The molecule has 0 atom stereocenters. The summed E-state index contributed by atoms with van der Waals surface area (Å²) in [6, 6.07) is 0. The summed E-state index contributed by atoms with van der Waals surface area (Å²) in [5.74, 6) is 3.23. The van der Waals surface area contributed by atoms with Gasteiger partial charge in [0.15, 0.2) is 5.82 Å². The van der Waals surface area contributed by atoms with Gasteiger partial charge < -0.3 is 9.84 Å². The summed E-state index contributed by atoms with van der Waals surface area (Å²) in [5, 5.41) is 7.61. The number of nitrogens with one attached hydrogen (secondary N) is 1. The van der Waals surface area contributed by atoms with Gasteiger partial charge in [-0.15, -0.1) is 12.4 Å². The third-order valence-corrected chi connectivity index (χ3v) is 4.68. The highest BCUT2D eigenvalue weighted by atomic mass is 35.5. The van der Waals surface area contributed by atoms with E-state index in [1.165, 1.54) is 64.5 Å². The maximum absolute atomic E-state index is 5.43. The Labute approximate surface area is 127 Å². The molecule has 114 valence electrons. The summed E-state index contributed by atoms with van der Waals surface area (Å²) in [6.45, 7) is 2.34. The highest BCUT2D eigenvalue weighted by Crippen LogP contribution is 2.31. The van der Waals surface area contributed by atoms with Gasteiger partial charge in [0.1, 0.15) is 0 Å². The number of piperidine rings is 1. The lowest BCUT2D eigenvalue weighted by Crippen LogP contribution is -2.27. The van der Waals surface area contributed by atoms with Crippen LogP contribution in [0.25, 0.3) is 0 Å². The fourth-order valence-corrected chi connectivity index (χ4v) is 3.39. The molecule has 1 aromatic heterocycles. The fraction of sp³-hybridized carbons (Fsp3) is 0.867. The van der Waals surface area contributed by atoms with E-state index in [1.54, 1.807) is 0 Å². The molecule has 0 spiro atoms. The zero-order valence-electron chi connectivity index (χ0n) is 12.1. The van der Waals surface area contributed by atoms with E-state index in [4.69, 9.17) is 4.52 Å². The van der Waals surface area contributed by atoms with Crippen molar-refractivity contribution in [2.45, 2.75) is 63.7 Å². The van der Waals surface area contributed by atoms with Gasteiger partial charge in [-0.05, 0) is 51.1 Å². The van der Waals surface area contributed by atoms with Crippen molar-refractivity contribution in [3.05, 3.63) is 11.7 Å². The molecule has 0 bridgehead atoms. The molecular weight excluding hydrogens is 274 g/mol. The van der Waals surface area contributed by atoms with E-state index >= 15 is 0 Å². The fourth-order valence-electron chi connectivity index (χ4n) is 3.39. The summed E-state index contributed by atoms with van der Waals surface area (Å²) >= 11 is 0. The Morgan fingerprint density at radius 2 is 1.80 bits per heavy atom. The number of hydrogen-bond acceptors (Lipinski definition) is 4. The molecule has 1 aliphatic heterocycles. The molecule has 3 rings (SSSR count). The molecule has 1 saturated carbocycles. The third-order valence-electron chi connectivity index (χ3n) is 4.68. The zero-order valence-corrected chi connectivity index (χ0v) is 13.0. The molecular formula is C15H26ClN3O. The predicted molar refractivity (Wildman–Crippen MR) is 81.3 cm³/mol. The van der Waals surface area contributed by atoms with E-state index in [1.807, 2.05) is 0 Å². The van der Waals surface area contributed by atoms with Gasteiger partial charge >= 0.3 is 0 Å². The molecule has 2 fully saturated rings. The number of hydrogen-bond donors (Lipinski definition) is 1. The van der Waals surface area contributed by atoms with Gasteiger partial charge in [-0.25, -0.2) is 0 Å². The average molecular weight is 300 g/mol. The SMILES string of the molecule is C1CCC(c2noc(CCC3CCNCC3)n2)CC1.Cl. The summed E-state index contributed by atoms with van der Waals surface area (Å²) in [4.78, 5) is 4.62. The summed E-state index contributed by atoms with van der Waals surface area (Å²) in [5.41, 5.74) is 0. The summed E-state index contributed by atoms with van der Waals surface area (Å²) in [7, 11) is 0. The normalized spacial score (nSPS) is 21.6. The molecule has 0 aromatic carbocycles. The van der Waals surface area contributed by atoms with Crippen molar-refractivity contribution in [3.63, 3.8) is 0 Å². The van der Waals surface area contributed by atoms with Crippen LogP contribution < -0.4 is 5.32 Å². The molecule has 0 unspecified atom stereocenters. The standard InChI is InChI=1S/C15H25N3O.ClH/c1-2-4-13(5-3-1)15-17-14(19-18-15)7-6-12-8-10-16-11-9-12;/h12-13,16H,1-11H2;1H. The molecule has 2 aliphatic rings. The van der Waals surface area contributed by atoms with E-state index in [0.29, 0.717) is 5.92 Å². The van der Waals surface area contributed by atoms with Gasteiger partial charge in [-0.1, -0.05) is 24.4 Å². The van der Waals surface area contributed by atoms with Crippen LogP contribution in [0.1, 0.15) is 69.0 Å². The molecule has 1 aliphatic carbocycles.